The van der Waals surface area contributed by atoms with E-state index in [1.807, 2.05) is 38.1 Å². The molecule has 3 rings (SSSR count). The van der Waals surface area contributed by atoms with E-state index in [4.69, 9.17) is 0 Å². The van der Waals surface area contributed by atoms with Gasteiger partial charge in [-0.25, -0.2) is 17.7 Å². The lowest BCUT2D eigenvalue weighted by Gasteiger charge is -2.16. The smallest absolute Gasteiger partial charge is 0.242 e. The first-order valence-electron chi connectivity index (χ1n) is 9.36. The van der Waals surface area contributed by atoms with Gasteiger partial charge in [0.15, 0.2) is 0 Å². The minimum absolute atomic E-state index is 0.131. The maximum absolute atomic E-state index is 12.4. The topological polar surface area (TPSA) is 79.4 Å². The number of nitrogens with one attached hydrogen (secondary N) is 1. The maximum Gasteiger partial charge on any atom is 0.242 e. The molecule has 0 radical (unpaired) electrons. The molecule has 1 N–H and O–H groups in total. The largest absolute Gasteiger partial charge is 0.326 e. The second kappa shape index (κ2) is 8.61. The lowest BCUT2D eigenvalue weighted by atomic mass is 10.1. The number of benzene rings is 2. The van der Waals surface area contributed by atoms with Gasteiger partial charge in [-0.05, 0) is 62.1 Å². The number of sulfonamides is 1. The molecule has 0 spiro atoms. The quantitative estimate of drug-likeness (QED) is 0.610. The summed E-state index contributed by atoms with van der Waals surface area (Å²) >= 11 is 1.65. The van der Waals surface area contributed by atoms with Crippen molar-refractivity contribution >= 4 is 43.2 Å². The molecule has 0 fully saturated rings. The normalized spacial score (nSPS) is 11.9. The maximum atomic E-state index is 12.4. The molecule has 0 aliphatic rings. The Morgan fingerprint density at radius 2 is 1.90 bits per heavy atom. The zero-order valence-electron chi connectivity index (χ0n) is 17.0. The molecule has 1 heterocycles. The number of carbonyl (C=O) groups excluding carboxylic acids is 1. The standard InChI is InChI=1S/C21H25N3O3S2/c1-14-12-16(29(26,27)24(3)4)13-18(15(14)2)22-20(25)10-7-11-21-23-17-8-5-6-9-19(17)28-21/h5-6,8-9,12-13H,7,10-11H2,1-4H3,(H,22,25). The van der Waals surface area contributed by atoms with Crippen LogP contribution in [0, 0.1) is 13.8 Å². The first kappa shape index (κ1) is 21.4. The SMILES string of the molecule is Cc1cc(S(=O)(=O)N(C)C)cc(NC(=O)CCCc2nc3ccccc3s2)c1C. The molecular formula is C21H25N3O3S2. The number of hydrogen-bond donors (Lipinski definition) is 1. The van der Waals surface area contributed by atoms with Crippen LogP contribution in [0.1, 0.15) is 29.0 Å². The lowest BCUT2D eigenvalue weighted by molar-refractivity contribution is -0.116. The van der Waals surface area contributed by atoms with Crippen LogP contribution in [0.2, 0.25) is 0 Å². The molecular weight excluding hydrogens is 406 g/mol. The minimum atomic E-state index is -3.57. The van der Waals surface area contributed by atoms with Gasteiger partial charge in [0.1, 0.15) is 0 Å². The lowest BCUT2D eigenvalue weighted by Crippen LogP contribution is -2.23. The van der Waals surface area contributed by atoms with Crippen LogP contribution in [-0.4, -0.2) is 37.7 Å². The third-order valence-corrected chi connectivity index (χ3v) is 7.72. The van der Waals surface area contributed by atoms with Gasteiger partial charge in [-0.3, -0.25) is 4.79 Å². The molecule has 3 aromatic rings. The molecule has 154 valence electrons. The fourth-order valence-corrected chi connectivity index (χ4v) is 4.98. The van der Waals surface area contributed by atoms with Gasteiger partial charge in [0.05, 0.1) is 20.1 Å². The Balaban J connectivity index is 1.66. The number of hydrogen-bond acceptors (Lipinski definition) is 5. The molecule has 8 heteroatoms. The van der Waals surface area contributed by atoms with E-state index < -0.39 is 10.0 Å². The van der Waals surface area contributed by atoms with E-state index >= 15 is 0 Å². The summed E-state index contributed by atoms with van der Waals surface area (Å²) < 4.78 is 27.2. The number of aryl methyl sites for hydroxylation is 2. The van der Waals surface area contributed by atoms with Crippen molar-refractivity contribution < 1.29 is 13.2 Å². The summed E-state index contributed by atoms with van der Waals surface area (Å²) in [7, 11) is -0.583. The van der Waals surface area contributed by atoms with Gasteiger partial charge < -0.3 is 5.32 Å². The highest BCUT2D eigenvalue weighted by atomic mass is 32.2. The highest BCUT2D eigenvalue weighted by Crippen LogP contribution is 2.26. The fraction of sp³-hybridized carbons (Fsp3) is 0.333. The number of carbonyl (C=O) groups is 1. The number of amides is 1. The minimum Gasteiger partial charge on any atom is -0.326 e. The zero-order chi connectivity index (χ0) is 21.2. The predicted octanol–water partition coefficient (Wildman–Crippen LogP) is 4.12. The van der Waals surface area contributed by atoms with E-state index in [1.54, 1.807) is 17.4 Å². The van der Waals surface area contributed by atoms with E-state index in [0.29, 0.717) is 18.5 Å². The first-order chi connectivity index (χ1) is 13.7. The third kappa shape index (κ3) is 4.83. The van der Waals surface area contributed by atoms with Gasteiger partial charge in [0, 0.05) is 26.2 Å². The van der Waals surface area contributed by atoms with Crippen LogP contribution >= 0.6 is 11.3 Å². The second-order valence-electron chi connectivity index (χ2n) is 7.18. The van der Waals surface area contributed by atoms with Crippen molar-refractivity contribution in [3.8, 4) is 0 Å². The molecule has 0 unspecified atom stereocenters. The van der Waals surface area contributed by atoms with Crippen LogP contribution in [0.15, 0.2) is 41.3 Å². The Labute approximate surface area is 175 Å². The van der Waals surface area contributed by atoms with Crippen LogP contribution in [0.5, 0.6) is 0 Å². The molecule has 0 saturated carbocycles. The van der Waals surface area contributed by atoms with Gasteiger partial charge in [0.2, 0.25) is 15.9 Å². The van der Waals surface area contributed by atoms with Gasteiger partial charge in [-0.15, -0.1) is 11.3 Å². The average molecular weight is 432 g/mol. The molecule has 29 heavy (non-hydrogen) atoms. The van der Waals surface area contributed by atoms with Gasteiger partial charge in [-0.1, -0.05) is 12.1 Å². The van der Waals surface area contributed by atoms with E-state index in [2.05, 4.69) is 10.3 Å². The number of rotatable bonds is 7. The van der Waals surface area contributed by atoms with Crippen molar-refractivity contribution in [3.63, 3.8) is 0 Å². The molecule has 1 amide bonds. The Hall–Kier alpha value is -2.29. The molecule has 0 aliphatic heterocycles. The van der Waals surface area contributed by atoms with Crippen LogP contribution in [0.4, 0.5) is 5.69 Å². The Morgan fingerprint density at radius 3 is 2.59 bits per heavy atom. The fourth-order valence-electron chi connectivity index (χ4n) is 2.96. The Kier molecular flexibility index (Phi) is 6.36. The van der Waals surface area contributed by atoms with Crippen molar-refractivity contribution in [2.45, 2.75) is 38.0 Å². The van der Waals surface area contributed by atoms with Crippen molar-refractivity contribution in [2.75, 3.05) is 19.4 Å². The summed E-state index contributed by atoms with van der Waals surface area (Å²) in [6.07, 6.45) is 1.76. The molecule has 0 saturated heterocycles. The molecule has 0 atom stereocenters. The van der Waals surface area contributed by atoms with Crippen LogP contribution < -0.4 is 5.32 Å². The number of fused-ring (bicyclic) bond motifs is 1. The third-order valence-electron chi connectivity index (χ3n) is 4.83. The van der Waals surface area contributed by atoms with E-state index in [1.165, 1.54) is 24.5 Å². The Bertz CT molecular complexity index is 1120. The number of anilines is 1. The van der Waals surface area contributed by atoms with Crippen molar-refractivity contribution in [1.82, 2.24) is 9.29 Å². The average Bonchev–Trinajstić information content (AvgIpc) is 3.07. The summed E-state index contributed by atoms with van der Waals surface area (Å²) in [4.78, 5) is 17.2. The van der Waals surface area contributed by atoms with Crippen molar-refractivity contribution in [1.29, 1.82) is 0 Å². The highest BCUT2D eigenvalue weighted by molar-refractivity contribution is 7.89. The predicted molar refractivity (Wildman–Crippen MR) is 118 cm³/mol. The summed E-state index contributed by atoms with van der Waals surface area (Å²) in [5.74, 6) is -0.131. The number of para-hydroxylation sites is 1. The summed E-state index contributed by atoms with van der Waals surface area (Å²) in [5, 5.41) is 3.90. The summed E-state index contributed by atoms with van der Waals surface area (Å²) in [6.45, 7) is 3.71. The van der Waals surface area contributed by atoms with Crippen molar-refractivity contribution in [2.24, 2.45) is 0 Å². The van der Waals surface area contributed by atoms with E-state index in [0.717, 1.165) is 32.8 Å². The van der Waals surface area contributed by atoms with Crippen LogP contribution in [0.25, 0.3) is 10.2 Å². The molecule has 0 aliphatic carbocycles. The van der Waals surface area contributed by atoms with Gasteiger partial charge in [-0.2, -0.15) is 0 Å². The number of aromatic nitrogens is 1. The van der Waals surface area contributed by atoms with Gasteiger partial charge in [0.25, 0.3) is 0 Å². The summed E-state index contributed by atoms with van der Waals surface area (Å²) in [6, 6.07) is 11.2. The number of nitrogens with zero attached hydrogens (tertiary/aromatic N) is 2. The molecule has 1 aromatic heterocycles. The Morgan fingerprint density at radius 1 is 1.17 bits per heavy atom. The van der Waals surface area contributed by atoms with Gasteiger partial charge >= 0.3 is 0 Å². The second-order valence-corrected chi connectivity index (χ2v) is 10.4. The molecule has 6 nitrogen and oxygen atoms in total. The summed E-state index contributed by atoms with van der Waals surface area (Å²) in [5.41, 5.74) is 3.21. The van der Waals surface area contributed by atoms with Crippen LogP contribution in [-0.2, 0) is 21.2 Å². The number of thiazole rings is 1. The first-order valence-corrected chi connectivity index (χ1v) is 11.6. The zero-order valence-corrected chi connectivity index (χ0v) is 18.7. The highest BCUT2D eigenvalue weighted by Gasteiger charge is 2.20. The van der Waals surface area contributed by atoms with E-state index in [9.17, 15) is 13.2 Å². The van der Waals surface area contributed by atoms with E-state index in [-0.39, 0.29) is 10.8 Å². The van der Waals surface area contributed by atoms with Crippen molar-refractivity contribution in [3.05, 3.63) is 52.5 Å². The van der Waals surface area contributed by atoms with Crippen LogP contribution in [0.3, 0.4) is 0 Å². The molecule has 2 aromatic carbocycles. The monoisotopic (exact) mass is 431 g/mol. The molecule has 0 bridgehead atoms.